The van der Waals surface area contributed by atoms with Crippen molar-refractivity contribution in [3.63, 3.8) is 0 Å². The average molecular weight is 785 g/mol. The molecule has 2 aliphatic carbocycles. The van der Waals surface area contributed by atoms with Crippen LogP contribution in [0.15, 0.2) is 43.0 Å². The molecule has 0 bridgehead atoms. The topological polar surface area (TPSA) is 177 Å². The van der Waals surface area contributed by atoms with Crippen LogP contribution in [0.3, 0.4) is 0 Å². The van der Waals surface area contributed by atoms with Crippen molar-refractivity contribution in [3.05, 3.63) is 60.0 Å². The third-order valence-electron chi connectivity index (χ3n) is 11.0. The summed E-state index contributed by atoms with van der Waals surface area (Å²) >= 11 is 0. The first kappa shape index (κ1) is 40.1. The number of allylic oxidation sites excluding steroid dienone is 1. The standard InChI is InChI=1S/C39H49FN4O10S/c1-5-33(46)42-15-7-10-24(17-34(47)54-38(2,3)4)35(48)44-22-27(53-37(50)43-21-25-9-6-12-30(40)29(25)23-43)18-31(44)32(45)20-39(19-26(39)11-8-16-42)36(49)41-55(51,52)28-13-14-28/h5-6,8-9,11-12,24,26-28,31H,1,7,10,13-23H2,2-4H3,(H,41,49)/b11-8-/t24-,26-,27-,31+,39-/m1/s1. The number of nitrogens with one attached hydrogen (secondary N) is 1. The van der Waals surface area contributed by atoms with Crippen LogP contribution in [-0.4, -0.2) is 101 Å². The van der Waals surface area contributed by atoms with Gasteiger partial charge in [-0.2, -0.15) is 0 Å². The van der Waals surface area contributed by atoms with Gasteiger partial charge in [0.05, 0.1) is 36.2 Å². The molecule has 1 N–H and O–H groups in total. The van der Waals surface area contributed by atoms with Crippen LogP contribution >= 0.6 is 0 Å². The molecule has 1 aromatic carbocycles. The summed E-state index contributed by atoms with van der Waals surface area (Å²) in [5.74, 6) is -4.86. The number of halogens is 1. The third-order valence-corrected chi connectivity index (χ3v) is 12.8. The second-order valence-corrected chi connectivity index (χ2v) is 18.3. The highest BCUT2D eigenvalue weighted by atomic mass is 32.2. The zero-order chi connectivity index (χ0) is 39.9. The Kier molecular flexibility index (Phi) is 11.3. The number of sulfonamides is 1. The van der Waals surface area contributed by atoms with Crippen molar-refractivity contribution in [3.8, 4) is 0 Å². The van der Waals surface area contributed by atoms with Crippen molar-refractivity contribution < 1.29 is 51.0 Å². The smallest absolute Gasteiger partial charge is 0.410 e. The summed E-state index contributed by atoms with van der Waals surface area (Å²) in [5, 5.41) is -0.683. The van der Waals surface area contributed by atoms with Crippen LogP contribution in [0, 0.1) is 23.1 Å². The molecule has 5 atom stereocenters. The normalized spacial score (nSPS) is 27.8. The van der Waals surface area contributed by atoms with Crippen LogP contribution in [0.4, 0.5) is 9.18 Å². The van der Waals surface area contributed by atoms with Gasteiger partial charge in [-0.15, -0.1) is 0 Å². The molecule has 6 rings (SSSR count). The number of fused-ring (bicyclic) bond motifs is 3. The van der Waals surface area contributed by atoms with Crippen molar-refractivity contribution in [2.45, 2.75) is 108 Å². The van der Waals surface area contributed by atoms with Crippen LogP contribution in [0.1, 0.15) is 83.3 Å². The van der Waals surface area contributed by atoms with E-state index in [9.17, 15) is 41.6 Å². The van der Waals surface area contributed by atoms with Gasteiger partial charge in [0.15, 0.2) is 5.78 Å². The van der Waals surface area contributed by atoms with E-state index >= 15 is 0 Å². The Labute approximate surface area is 320 Å². The maximum absolute atomic E-state index is 14.5. The fourth-order valence-electron chi connectivity index (χ4n) is 7.84. The zero-order valence-electron chi connectivity index (χ0n) is 31.5. The molecule has 3 heterocycles. The van der Waals surface area contributed by atoms with E-state index in [0.29, 0.717) is 30.4 Å². The first-order chi connectivity index (χ1) is 25.9. The number of amides is 4. The average Bonchev–Trinajstić information content (AvgIpc) is 3.99. The Morgan fingerprint density at radius 1 is 1.09 bits per heavy atom. The van der Waals surface area contributed by atoms with Crippen molar-refractivity contribution in [2.75, 3.05) is 19.6 Å². The van der Waals surface area contributed by atoms with Gasteiger partial charge in [0.25, 0.3) is 0 Å². The Morgan fingerprint density at radius 2 is 1.84 bits per heavy atom. The lowest BCUT2D eigenvalue weighted by molar-refractivity contribution is -0.159. The molecule has 16 heteroatoms. The summed E-state index contributed by atoms with van der Waals surface area (Å²) in [6.07, 6.45) is 3.48. The van der Waals surface area contributed by atoms with E-state index in [4.69, 9.17) is 9.47 Å². The van der Waals surface area contributed by atoms with E-state index in [-0.39, 0.29) is 64.3 Å². The van der Waals surface area contributed by atoms with Gasteiger partial charge in [-0.05, 0) is 76.5 Å². The number of ketones is 1. The maximum atomic E-state index is 14.5. The van der Waals surface area contributed by atoms with Crippen molar-refractivity contribution >= 4 is 45.6 Å². The fraction of sp³-hybridized carbons (Fsp3) is 0.590. The van der Waals surface area contributed by atoms with Gasteiger partial charge in [-0.25, -0.2) is 17.6 Å². The molecular formula is C39H49FN4O10S. The lowest BCUT2D eigenvalue weighted by Gasteiger charge is -2.29. The first-order valence-electron chi connectivity index (χ1n) is 18.8. The first-order valence-corrected chi connectivity index (χ1v) is 20.4. The molecule has 0 spiro atoms. The lowest BCUT2D eigenvalue weighted by atomic mass is 9.90. The van der Waals surface area contributed by atoms with Gasteiger partial charge in [0.1, 0.15) is 17.5 Å². The van der Waals surface area contributed by atoms with Gasteiger partial charge in [0, 0.05) is 44.0 Å². The molecule has 1 aromatic rings. The minimum atomic E-state index is -3.96. The summed E-state index contributed by atoms with van der Waals surface area (Å²) in [6.45, 7) is 8.92. The van der Waals surface area contributed by atoms with E-state index in [1.54, 1.807) is 45.1 Å². The molecule has 4 amide bonds. The SMILES string of the molecule is C=CC(=O)N1C/C=C\[C@@H]2C[C@@]2(C(=O)NS(=O)(=O)C2CC2)CC(=O)[C@@H]2C[C@@H](OC(=O)N3Cc4cccc(F)c4C3)CN2C(=O)[C@@H](CC(=O)OC(C)(C)C)CCC1. The number of benzene rings is 1. The molecule has 14 nitrogen and oxygen atoms in total. The van der Waals surface area contributed by atoms with Gasteiger partial charge >= 0.3 is 12.1 Å². The van der Waals surface area contributed by atoms with Crippen LogP contribution in [-0.2, 0) is 56.6 Å². The Balaban J connectivity index is 1.29. The number of ether oxygens (including phenoxy) is 2. The van der Waals surface area contributed by atoms with E-state index in [1.165, 1.54) is 20.8 Å². The molecular weight excluding hydrogens is 736 g/mol. The number of Topliss-reactive ketones (excluding diaryl/α,β-unsaturated/α-hetero) is 1. The lowest BCUT2D eigenvalue weighted by Crippen LogP contribution is -2.46. The zero-order valence-corrected chi connectivity index (χ0v) is 32.3. The number of hydrogen-bond donors (Lipinski definition) is 1. The van der Waals surface area contributed by atoms with Crippen molar-refractivity contribution in [1.29, 1.82) is 0 Å². The molecule has 2 saturated carbocycles. The molecule has 5 aliphatic rings. The second kappa shape index (κ2) is 15.5. The molecule has 0 aromatic heterocycles. The van der Waals surface area contributed by atoms with E-state index in [1.807, 2.05) is 0 Å². The van der Waals surface area contributed by atoms with Gasteiger partial charge in [-0.3, -0.25) is 33.6 Å². The predicted molar refractivity (Wildman–Crippen MR) is 195 cm³/mol. The van der Waals surface area contributed by atoms with Gasteiger partial charge in [0.2, 0.25) is 27.7 Å². The number of rotatable bonds is 7. The minimum Gasteiger partial charge on any atom is -0.460 e. The molecule has 0 radical (unpaired) electrons. The Hall–Kier alpha value is -4.60. The second-order valence-electron chi connectivity index (χ2n) is 16.3. The minimum absolute atomic E-state index is 0.0157. The third kappa shape index (κ3) is 9.11. The van der Waals surface area contributed by atoms with Crippen LogP contribution in [0.2, 0.25) is 0 Å². The highest BCUT2D eigenvalue weighted by molar-refractivity contribution is 7.90. The number of hydrogen-bond acceptors (Lipinski definition) is 10. The van der Waals surface area contributed by atoms with Crippen molar-refractivity contribution in [2.24, 2.45) is 17.3 Å². The van der Waals surface area contributed by atoms with Gasteiger partial charge in [-0.1, -0.05) is 30.9 Å². The monoisotopic (exact) mass is 784 g/mol. The summed E-state index contributed by atoms with van der Waals surface area (Å²) in [7, 11) is -3.96. The van der Waals surface area contributed by atoms with Gasteiger partial charge < -0.3 is 19.3 Å². The van der Waals surface area contributed by atoms with E-state index in [0.717, 1.165) is 6.08 Å². The number of nitrogens with zero attached hydrogens (tertiary/aromatic N) is 3. The largest absolute Gasteiger partial charge is 0.460 e. The summed E-state index contributed by atoms with van der Waals surface area (Å²) in [4.78, 5) is 86.2. The molecule has 55 heavy (non-hydrogen) atoms. The summed E-state index contributed by atoms with van der Waals surface area (Å²) in [6, 6.07) is 3.41. The number of carbonyl (C=O) groups is 6. The highest BCUT2D eigenvalue weighted by Gasteiger charge is 2.61. The summed E-state index contributed by atoms with van der Waals surface area (Å²) in [5.41, 5.74) is -1.26. The highest BCUT2D eigenvalue weighted by Crippen LogP contribution is 2.57. The maximum Gasteiger partial charge on any atom is 0.410 e. The fourth-order valence-corrected chi connectivity index (χ4v) is 9.23. The Morgan fingerprint density at radius 3 is 2.51 bits per heavy atom. The summed E-state index contributed by atoms with van der Waals surface area (Å²) < 4.78 is 53.8. The van der Waals surface area contributed by atoms with Crippen LogP contribution < -0.4 is 4.72 Å². The predicted octanol–water partition coefficient (Wildman–Crippen LogP) is 3.53. The van der Waals surface area contributed by atoms with Crippen LogP contribution in [0.25, 0.3) is 0 Å². The van der Waals surface area contributed by atoms with Crippen LogP contribution in [0.5, 0.6) is 0 Å². The quantitative estimate of drug-likeness (QED) is 0.245. The van der Waals surface area contributed by atoms with E-state index in [2.05, 4.69) is 11.3 Å². The molecule has 0 unspecified atom stereocenters. The molecule has 3 aliphatic heterocycles. The molecule has 298 valence electrons. The van der Waals surface area contributed by atoms with Crippen molar-refractivity contribution in [1.82, 2.24) is 19.4 Å². The molecule has 1 saturated heterocycles. The number of esters is 1. The Bertz CT molecular complexity index is 1910. The van der Waals surface area contributed by atoms with E-state index < -0.39 is 92.2 Å². The molecule has 3 fully saturated rings. The number of carbonyl (C=O) groups excluding carboxylic acids is 6.